The fraction of sp³-hybridized carbons (Fsp3) is 0.385. The van der Waals surface area contributed by atoms with Crippen molar-refractivity contribution in [2.75, 3.05) is 0 Å². The maximum atomic E-state index is 11.2. The first-order valence-corrected chi connectivity index (χ1v) is 6.59. The summed E-state index contributed by atoms with van der Waals surface area (Å²) < 4.78 is 3.14. The zero-order chi connectivity index (χ0) is 15.6. The Morgan fingerprint density at radius 3 is 2.67 bits per heavy atom. The molecule has 0 aliphatic heterocycles. The highest BCUT2D eigenvalue weighted by molar-refractivity contribution is 5.86. The third-order valence-electron chi connectivity index (χ3n) is 3.22. The average Bonchev–Trinajstić information content (AvgIpc) is 3.03. The van der Waals surface area contributed by atoms with E-state index in [-0.39, 0.29) is 17.9 Å². The van der Waals surface area contributed by atoms with Crippen LogP contribution in [0.5, 0.6) is 0 Å². The molecule has 0 aromatic carbocycles. The summed E-state index contributed by atoms with van der Waals surface area (Å²) in [4.78, 5) is 21.4. The number of carboxylic acids is 1. The molecule has 0 unspecified atom stereocenters. The lowest BCUT2D eigenvalue weighted by Crippen LogP contribution is -2.12. The van der Waals surface area contributed by atoms with Gasteiger partial charge in [0.25, 0.3) is 5.69 Å². The van der Waals surface area contributed by atoms with Gasteiger partial charge in [-0.1, -0.05) is 6.92 Å². The molecule has 0 bridgehead atoms. The fourth-order valence-electron chi connectivity index (χ4n) is 2.17. The predicted molar refractivity (Wildman–Crippen MR) is 74.4 cm³/mol. The molecule has 2 aromatic heterocycles. The van der Waals surface area contributed by atoms with E-state index in [1.54, 1.807) is 4.68 Å². The Balaban J connectivity index is 2.40. The van der Waals surface area contributed by atoms with Gasteiger partial charge in [0.2, 0.25) is 0 Å². The second kappa shape index (κ2) is 5.78. The van der Waals surface area contributed by atoms with Gasteiger partial charge < -0.3 is 9.67 Å². The first-order chi connectivity index (χ1) is 9.96. The van der Waals surface area contributed by atoms with Gasteiger partial charge in [-0.25, -0.2) is 4.79 Å². The van der Waals surface area contributed by atoms with E-state index >= 15 is 0 Å². The highest BCUT2D eigenvalue weighted by atomic mass is 16.6. The van der Waals surface area contributed by atoms with Crippen molar-refractivity contribution < 1.29 is 14.8 Å². The minimum Gasteiger partial charge on any atom is -0.477 e. The molecule has 0 saturated carbocycles. The van der Waals surface area contributed by atoms with Crippen molar-refractivity contribution in [2.24, 2.45) is 0 Å². The SMILES string of the molecule is CCc1cc(Cn2cc([N+](=O)[O-])cc2C(=O)O)n(CC)n1. The molecule has 0 aliphatic carbocycles. The van der Waals surface area contributed by atoms with Crippen molar-refractivity contribution in [2.45, 2.75) is 33.4 Å². The van der Waals surface area contributed by atoms with E-state index in [4.69, 9.17) is 5.11 Å². The van der Waals surface area contributed by atoms with Gasteiger partial charge in [0.05, 0.1) is 29.1 Å². The largest absolute Gasteiger partial charge is 0.477 e. The zero-order valence-electron chi connectivity index (χ0n) is 11.8. The Labute approximate surface area is 120 Å². The number of rotatable bonds is 6. The van der Waals surface area contributed by atoms with E-state index in [0.29, 0.717) is 6.54 Å². The van der Waals surface area contributed by atoms with Gasteiger partial charge in [-0.15, -0.1) is 0 Å². The van der Waals surface area contributed by atoms with Crippen molar-refractivity contribution in [1.29, 1.82) is 0 Å². The quantitative estimate of drug-likeness (QED) is 0.647. The predicted octanol–water partition coefficient (Wildman–Crippen LogP) is 1.92. The number of aromatic carboxylic acids is 1. The molecule has 8 nitrogen and oxygen atoms in total. The molecule has 8 heteroatoms. The molecule has 21 heavy (non-hydrogen) atoms. The molecule has 0 amide bonds. The molecule has 2 aromatic rings. The molecule has 0 fully saturated rings. The summed E-state index contributed by atoms with van der Waals surface area (Å²) >= 11 is 0. The van der Waals surface area contributed by atoms with Crippen LogP contribution in [0.4, 0.5) is 5.69 Å². The van der Waals surface area contributed by atoms with Crippen molar-refractivity contribution in [3.63, 3.8) is 0 Å². The first kappa shape index (κ1) is 14.8. The topological polar surface area (TPSA) is 103 Å². The summed E-state index contributed by atoms with van der Waals surface area (Å²) in [6, 6.07) is 2.96. The Kier molecular flexibility index (Phi) is 4.06. The summed E-state index contributed by atoms with van der Waals surface area (Å²) in [5, 5.41) is 24.3. The molecule has 0 radical (unpaired) electrons. The molecular weight excluding hydrogens is 276 g/mol. The smallest absolute Gasteiger partial charge is 0.352 e. The fourth-order valence-corrected chi connectivity index (χ4v) is 2.17. The van der Waals surface area contributed by atoms with Crippen LogP contribution in [0, 0.1) is 10.1 Å². The van der Waals surface area contributed by atoms with Gasteiger partial charge in [0.15, 0.2) is 0 Å². The van der Waals surface area contributed by atoms with Crippen LogP contribution in [-0.2, 0) is 19.5 Å². The van der Waals surface area contributed by atoms with Gasteiger partial charge >= 0.3 is 5.97 Å². The number of aromatic nitrogens is 3. The molecule has 1 N–H and O–H groups in total. The van der Waals surface area contributed by atoms with Crippen molar-refractivity contribution in [3.8, 4) is 0 Å². The summed E-state index contributed by atoms with van der Waals surface area (Å²) in [5.74, 6) is -1.19. The summed E-state index contributed by atoms with van der Waals surface area (Å²) in [6.07, 6.45) is 2.01. The molecule has 0 spiro atoms. The maximum Gasteiger partial charge on any atom is 0.352 e. The monoisotopic (exact) mass is 292 g/mol. The summed E-state index contributed by atoms with van der Waals surface area (Å²) in [5.41, 5.74) is 1.39. The minimum atomic E-state index is -1.19. The van der Waals surface area contributed by atoms with E-state index in [2.05, 4.69) is 5.10 Å². The number of hydrogen-bond donors (Lipinski definition) is 1. The van der Waals surface area contributed by atoms with Gasteiger partial charge in [0, 0.05) is 12.6 Å². The van der Waals surface area contributed by atoms with Crippen LogP contribution in [0.25, 0.3) is 0 Å². The number of carboxylic acid groups (broad SMARTS) is 1. The van der Waals surface area contributed by atoms with E-state index in [1.807, 2.05) is 19.9 Å². The van der Waals surface area contributed by atoms with Crippen LogP contribution in [0.1, 0.15) is 35.7 Å². The first-order valence-electron chi connectivity index (χ1n) is 6.59. The van der Waals surface area contributed by atoms with Crippen LogP contribution >= 0.6 is 0 Å². The number of carbonyl (C=O) groups is 1. The number of nitro groups is 1. The Bertz CT molecular complexity index is 686. The van der Waals surface area contributed by atoms with Crippen LogP contribution in [0.3, 0.4) is 0 Å². The number of aryl methyl sites for hydroxylation is 2. The maximum absolute atomic E-state index is 11.2. The third-order valence-corrected chi connectivity index (χ3v) is 3.22. The van der Waals surface area contributed by atoms with Crippen molar-refractivity contribution in [3.05, 3.63) is 45.5 Å². The molecule has 0 atom stereocenters. The lowest BCUT2D eigenvalue weighted by atomic mass is 10.3. The third kappa shape index (κ3) is 2.93. The van der Waals surface area contributed by atoms with Crippen molar-refractivity contribution >= 4 is 11.7 Å². The van der Waals surface area contributed by atoms with E-state index in [1.165, 1.54) is 10.8 Å². The second-order valence-corrected chi connectivity index (χ2v) is 4.57. The van der Waals surface area contributed by atoms with Crippen LogP contribution in [0.15, 0.2) is 18.3 Å². The standard InChI is InChI=1S/C13H16N4O4/c1-3-9-5-10(16(4-2)14-9)7-15-8-11(17(20)21)6-12(15)13(18)19/h5-6,8H,3-4,7H2,1-2H3,(H,18,19). The Hall–Kier alpha value is -2.64. The molecule has 2 heterocycles. The van der Waals surface area contributed by atoms with Gasteiger partial charge in [-0.3, -0.25) is 14.8 Å². The summed E-state index contributed by atoms with van der Waals surface area (Å²) in [6.45, 7) is 4.80. The second-order valence-electron chi connectivity index (χ2n) is 4.57. The number of hydrogen-bond acceptors (Lipinski definition) is 4. The van der Waals surface area contributed by atoms with Gasteiger partial charge in [-0.2, -0.15) is 5.10 Å². The highest BCUT2D eigenvalue weighted by Gasteiger charge is 2.20. The van der Waals surface area contributed by atoms with Crippen LogP contribution < -0.4 is 0 Å². The van der Waals surface area contributed by atoms with Crippen LogP contribution in [0.2, 0.25) is 0 Å². The Morgan fingerprint density at radius 1 is 1.43 bits per heavy atom. The highest BCUT2D eigenvalue weighted by Crippen LogP contribution is 2.18. The van der Waals surface area contributed by atoms with Crippen molar-refractivity contribution in [1.82, 2.24) is 14.3 Å². The Morgan fingerprint density at radius 2 is 2.14 bits per heavy atom. The molecule has 0 aliphatic rings. The molecule has 2 rings (SSSR count). The average molecular weight is 292 g/mol. The van der Waals surface area contributed by atoms with E-state index < -0.39 is 10.9 Å². The lowest BCUT2D eigenvalue weighted by Gasteiger charge is -2.07. The van der Waals surface area contributed by atoms with E-state index in [9.17, 15) is 14.9 Å². The van der Waals surface area contributed by atoms with E-state index in [0.717, 1.165) is 23.9 Å². The lowest BCUT2D eigenvalue weighted by molar-refractivity contribution is -0.384. The molecule has 112 valence electrons. The zero-order valence-corrected chi connectivity index (χ0v) is 11.8. The number of nitrogens with zero attached hydrogens (tertiary/aromatic N) is 4. The normalized spacial score (nSPS) is 10.8. The van der Waals surface area contributed by atoms with Gasteiger partial charge in [0.1, 0.15) is 5.69 Å². The van der Waals surface area contributed by atoms with Crippen LogP contribution in [-0.4, -0.2) is 30.3 Å². The summed E-state index contributed by atoms with van der Waals surface area (Å²) in [7, 11) is 0. The molecular formula is C13H16N4O4. The minimum absolute atomic E-state index is 0.108. The molecule has 0 saturated heterocycles. The van der Waals surface area contributed by atoms with Gasteiger partial charge in [-0.05, 0) is 19.4 Å².